The molecule has 18 heavy (non-hydrogen) atoms. The van der Waals surface area contributed by atoms with Crippen LogP contribution in [0.5, 0.6) is 0 Å². The molecule has 3 rings (SSSR count). The average Bonchev–Trinajstić information content (AvgIpc) is 3.09. The minimum absolute atomic E-state index is 0.766. The van der Waals surface area contributed by atoms with Crippen LogP contribution in [0.15, 0.2) is 52.1 Å². The number of nitrogens with zero attached hydrogens (tertiary/aromatic N) is 4. The van der Waals surface area contributed by atoms with Crippen molar-refractivity contribution in [3.8, 4) is 5.69 Å². The van der Waals surface area contributed by atoms with E-state index in [1.165, 1.54) is 4.21 Å². The summed E-state index contributed by atoms with van der Waals surface area (Å²) in [4.78, 5) is 0. The van der Waals surface area contributed by atoms with E-state index in [0.29, 0.717) is 0 Å². The molecule has 2 heterocycles. The van der Waals surface area contributed by atoms with Gasteiger partial charge in [-0.05, 0) is 34.0 Å². The van der Waals surface area contributed by atoms with Crippen molar-refractivity contribution in [2.75, 3.05) is 0 Å². The van der Waals surface area contributed by atoms with Crippen molar-refractivity contribution in [2.24, 2.45) is 0 Å². The second kappa shape index (κ2) is 5.32. The van der Waals surface area contributed by atoms with E-state index in [1.807, 2.05) is 36.4 Å². The van der Waals surface area contributed by atoms with Gasteiger partial charge in [0.25, 0.3) is 0 Å². The second-order valence-electron chi connectivity index (χ2n) is 3.56. The zero-order valence-corrected chi connectivity index (χ0v) is 11.1. The molecule has 0 N–H and O–H groups in total. The molecule has 90 valence electrons. The van der Waals surface area contributed by atoms with Crippen molar-refractivity contribution >= 4 is 23.1 Å². The molecule has 0 aliphatic carbocycles. The van der Waals surface area contributed by atoms with Crippen molar-refractivity contribution in [1.29, 1.82) is 0 Å². The van der Waals surface area contributed by atoms with Crippen LogP contribution in [0, 0.1) is 0 Å². The van der Waals surface area contributed by atoms with E-state index in [0.717, 1.165) is 17.3 Å². The molecule has 2 aromatic heterocycles. The van der Waals surface area contributed by atoms with Crippen LogP contribution in [-0.2, 0) is 5.75 Å². The minimum atomic E-state index is 0.766. The predicted molar refractivity (Wildman–Crippen MR) is 73.0 cm³/mol. The molecule has 0 aliphatic heterocycles. The van der Waals surface area contributed by atoms with Crippen molar-refractivity contribution in [2.45, 2.75) is 9.96 Å². The molecule has 0 saturated carbocycles. The molecule has 3 aromatic rings. The third-order valence-electron chi connectivity index (χ3n) is 2.37. The SMILES string of the molecule is c1ccc(-n2nnnc2CSc2cccs2)cc1. The Bertz CT molecular complexity index is 604. The van der Waals surface area contributed by atoms with Gasteiger partial charge >= 0.3 is 0 Å². The molecular weight excluding hydrogens is 264 g/mol. The average molecular weight is 274 g/mol. The van der Waals surface area contributed by atoms with Gasteiger partial charge in [-0.25, -0.2) is 0 Å². The lowest BCUT2D eigenvalue weighted by Gasteiger charge is -2.03. The number of thiophene rings is 1. The molecule has 0 amide bonds. The van der Waals surface area contributed by atoms with Crippen LogP contribution in [0.4, 0.5) is 0 Å². The van der Waals surface area contributed by atoms with Crippen LogP contribution >= 0.6 is 23.1 Å². The highest BCUT2D eigenvalue weighted by Gasteiger charge is 2.08. The third-order valence-corrected chi connectivity index (χ3v) is 4.50. The zero-order chi connectivity index (χ0) is 12.2. The first-order valence-electron chi connectivity index (χ1n) is 5.42. The van der Waals surface area contributed by atoms with E-state index < -0.39 is 0 Å². The van der Waals surface area contributed by atoms with E-state index in [9.17, 15) is 0 Å². The van der Waals surface area contributed by atoms with Crippen LogP contribution in [0.1, 0.15) is 5.82 Å². The molecule has 0 bridgehead atoms. The molecule has 0 atom stereocenters. The number of tetrazole rings is 1. The van der Waals surface area contributed by atoms with Gasteiger partial charge in [-0.3, -0.25) is 0 Å². The van der Waals surface area contributed by atoms with Crippen LogP contribution in [-0.4, -0.2) is 20.2 Å². The number of hydrogen-bond donors (Lipinski definition) is 0. The molecule has 4 nitrogen and oxygen atoms in total. The Labute approximate surface area is 113 Å². The van der Waals surface area contributed by atoms with Gasteiger partial charge in [0.2, 0.25) is 0 Å². The summed E-state index contributed by atoms with van der Waals surface area (Å²) in [6.45, 7) is 0. The molecule has 1 aromatic carbocycles. The first-order valence-corrected chi connectivity index (χ1v) is 7.29. The fraction of sp³-hybridized carbons (Fsp3) is 0.0833. The maximum absolute atomic E-state index is 4.08. The summed E-state index contributed by atoms with van der Waals surface area (Å²) >= 11 is 3.48. The summed E-state index contributed by atoms with van der Waals surface area (Å²) in [5.41, 5.74) is 0.990. The summed E-state index contributed by atoms with van der Waals surface area (Å²) < 4.78 is 3.05. The Morgan fingerprint density at radius 1 is 1.11 bits per heavy atom. The fourth-order valence-electron chi connectivity index (χ4n) is 1.55. The summed E-state index contributed by atoms with van der Waals surface area (Å²) in [5, 5.41) is 13.9. The summed E-state index contributed by atoms with van der Waals surface area (Å²) in [7, 11) is 0. The van der Waals surface area contributed by atoms with Crippen LogP contribution < -0.4 is 0 Å². The largest absolute Gasteiger partial charge is 0.196 e. The maximum atomic E-state index is 4.08. The lowest BCUT2D eigenvalue weighted by Crippen LogP contribution is -2.01. The second-order valence-corrected chi connectivity index (χ2v) is 5.79. The Morgan fingerprint density at radius 2 is 2.00 bits per heavy atom. The van der Waals surface area contributed by atoms with Crippen LogP contribution in [0.3, 0.4) is 0 Å². The van der Waals surface area contributed by atoms with E-state index in [-0.39, 0.29) is 0 Å². The van der Waals surface area contributed by atoms with Crippen LogP contribution in [0.25, 0.3) is 5.69 Å². The highest BCUT2D eigenvalue weighted by atomic mass is 32.2. The Kier molecular flexibility index (Phi) is 3.38. The summed E-state index contributed by atoms with van der Waals surface area (Å²) in [6.07, 6.45) is 0. The van der Waals surface area contributed by atoms with Crippen molar-refractivity contribution < 1.29 is 0 Å². The molecule has 0 aliphatic rings. The lowest BCUT2D eigenvalue weighted by molar-refractivity contribution is 0.777. The molecular formula is C12H10N4S2. The predicted octanol–water partition coefficient (Wildman–Crippen LogP) is 3.02. The highest BCUT2D eigenvalue weighted by Crippen LogP contribution is 2.26. The summed E-state index contributed by atoms with van der Waals surface area (Å²) in [5.74, 6) is 1.63. The molecule has 0 unspecified atom stereocenters. The Morgan fingerprint density at radius 3 is 2.78 bits per heavy atom. The van der Waals surface area contributed by atoms with Crippen LogP contribution in [0.2, 0.25) is 0 Å². The van der Waals surface area contributed by atoms with Gasteiger partial charge in [0.1, 0.15) is 0 Å². The van der Waals surface area contributed by atoms with Gasteiger partial charge in [-0.15, -0.1) is 28.2 Å². The molecule has 0 spiro atoms. The summed E-state index contributed by atoms with van der Waals surface area (Å²) in [6, 6.07) is 14.1. The van der Waals surface area contributed by atoms with Gasteiger partial charge in [0.15, 0.2) is 5.82 Å². The number of rotatable bonds is 4. The molecule has 0 saturated heterocycles. The fourth-order valence-corrected chi connectivity index (χ4v) is 3.24. The lowest BCUT2D eigenvalue weighted by atomic mass is 10.3. The zero-order valence-electron chi connectivity index (χ0n) is 9.43. The Balaban J connectivity index is 1.80. The van der Waals surface area contributed by atoms with Gasteiger partial charge in [-0.1, -0.05) is 24.3 Å². The number of para-hydroxylation sites is 1. The standard InChI is InChI=1S/C12H10N4S2/c1-2-5-10(6-3-1)16-11(13-14-15-16)9-18-12-7-4-8-17-12/h1-8H,9H2. The van der Waals surface area contributed by atoms with E-state index >= 15 is 0 Å². The topological polar surface area (TPSA) is 43.6 Å². The van der Waals surface area contributed by atoms with Gasteiger partial charge < -0.3 is 0 Å². The molecule has 6 heteroatoms. The molecule has 0 fully saturated rings. The quantitative estimate of drug-likeness (QED) is 0.686. The van der Waals surface area contributed by atoms with Crippen molar-refractivity contribution in [3.63, 3.8) is 0 Å². The maximum Gasteiger partial charge on any atom is 0.166 e. The monoisotopic (exact) mass is 274 g/mol. The van der Waals surface area contributed by atoms with Crippen molar-refractivity contribution in [3.05, 3.63) is 53.7 Å². The number of aromatic nitrogens is 4. The van der Waals surface area contributed by atoms with E-state index in [1.54, 1.807) is 27.8 Å². The normalized spacial score (nSPS) is 10.7. The Hall–Kier alpha value is -1.66. The van der Waals surface area contributed by atoms with Gasteiger partial charge in [-0.2, -0.15) is 4.68 Å². The third kappa shape index (κ3) is 2.44. The number of benzene rings is 1. The van der Waals surface area contributed by atoms with Gasteiger partial charge in [0, 0.05) is 0 Å². The van der Waals surface area contributed by atoms with Gasteiger partial charge in [0.05, 0.1) is 15.6 Å². The molecule has 0 radical (unpaired) electrons. The minimum Gasteiger partial charge on any atom is -0.196 e. The van der Waals surface area contributed by atoms with E-state index in [2.05, 4.69) is 27.0 Å². The first-order chi connectivity index (χ1) is 8.93. The van der Waals surface area contributed by atoms with E-state index in [4.69, 9.17) is 0 Å². The smallest absolute Gasteiger partial charge is 0.166 e. The first kappa shape index (κ1) is 11.4. The number of hydrogen-bond acceptors (Lipinski definition) is 5. The van der Waals surface area contributed by atoms with Crippen molar-refractivity contribution in [1.82, 2.24) is 20.2 Å². The highest BCUT2D eigenvalue weighted by molar-refractivity contribution is 8.00. The number of thioether (sulfide) groups is 1.